The zero-order valence-electron chi connectivity index (χ0n) is 19.4. The molecular weight excluding hydrogens is 461 g/mol. The maximum Gasteiger partial charge on any atom is 0.248 e. The molecule has 2 aromatic heterocycles. The van der Waals surface area contributed by atoms with Crippen molar-refractivity contribution in [3.05, 3.63) is 88.5 Å². The molecule has 1 atom stereocenters. The van der Waals surface area contributed by atoms with Crippen LogP contribution in [0.4, 0.5) is 10.1 Å². The highest BCUT2D eigenvalue weighted by molar-refractivity contribution is 7.10. The topological polar surface area (TPSA) is 65.2 Å². The highest BCUT2D eigenvalue weighted by atomic mass is 32.1. The lowest BCUT2D eigenvalue weighted by Gasteiger charge is -2.33. The summed E-state index contributed by atoms with van der Waals surface area (Å²) in [5, 5.41) is 6.08. The van der Waals surface area contributed by atoms with Crippen LogP contribution in [0.3, 0.4) is 0 Å². The van der Waals surface area contributed by atoms with E-state index in [1.165, 1.54) is 34.8 Å². The van der Waals surface area contributed by atoms with Crippen molar-refractivity contribution in [3.63, 3.8) is 0 Å². The monoisotopic (exact) mass is 489 g/mol. The summed E-state index contributed by atoms with van der Waals surface area (Å²) >= 11 is 1.44. The third-order valence-electron chi connectivity index (χ3n) is 6.66. The highest BCUT2D eigenvalue weighted by Gasteiger charge is 2.35. The van der Waals surface area contributed by atoms with Gasteiger partial charge in [0.05, 0.1) is 6.42 Å². The minimum Gasteiger partial charge on any atom is -0.361 e. The smallest absolute Gasteiger partial charge is 0.248 e. The van der Waals surface area contributed by atoms with Crippen LogP contribution < -0.4 is 10.2 Å². The minimum atomic E-state index is -0.833. The number of fused-ring (bicyclic) bond motifs is 1. The van der Waals surface area contributed by atoms with Gasteiger partial charge >= 0.3 is 0 Å². The number of amides is 2. The summed E-state index contributed by atoms with van der Waals surface area (Å²) in [6.45, 7) is 0. The van der Waals surface area contributed by atoms with E-state index in [1.54, 1.807) is 12.1 Å². The number of hydrogen-bond donors (Lipinski definition) is 2. The summed E-state index contributed by atoms with van der Waals surface area (Å²) in [5.41, 5.74) is 2.30. The molecule has 0 bridgehead atoms. The van der Waals surface area contributed by atoms with Gasteiger partial charge in [0.1, 0.15) is 11.9 Å². The van der Waals surface area contributed by atoms with E-state index in [2.05, 4.69) is 10.3 Å². The predicted octanol–water partition coefficient (Wildman–Crippen LogP) is 6.13. The number of carbonyl (C=O) groups is 2. The average molecular weight is 490 g/mol. The molecule has 0 unspecified atom stereocenters. The van der Waals surface area contributed by atoms with E-state index in [0.717, 1.165) is 47.0 Å². The van der Waals surface area contributed by atoms with Gasteiger partial charge in [0, 0.05) is 33.7 Å². The molecule has 0 radical (unpaired) electrons. The van der Waals surface area contributed by atoms with Gasteiger partial charge in [0.2, 0.25) is 11.8 Å². The molecule has 2 amide bonds. The van der Waals surface area contributed by atoms with Crippen LogP contribution in [0.2, 0.25) is 0 Å². The van der Waals surface area contributed by atoms with Gasteiger partial charge in [-0.2, -0.15) is 0 Å². The van der Waals surface area contributed by atoms with Crippen molar-refractivity contribution in [1.29, 1.82) is 0 Å². The molecule has 7 heteroatoms. The summed E-state index contributed by atoms with van der Waals surface area (Å²) in [7, 11) is 0. The van der Waals surface area contributed by atoms with Crippen LogP contribution in [0.15, 0.2) is 72.2 Å². The van der Waals surface area contributed by atoms with E-state index in [-0.39, 0.29) is 24.3 Å². The van der Waals surface area contributed by atoms with Crippen molar-refractivity contribution >= 4 is 39.7 Å². The van der Waals surface area contributed by atoms with Crippen LogP contribution in [-0.2, 0) is 16.0 Å². The molecule has 1 fully saturated rings. The first-order chi connectivity index (χ1) is 17.1. The predicted molar refractivity (Wildman–Crippen MR) is 138 cm³/mol. The van der Waals surface area contributed by atoms with Crippen LogP contribution in [0.25, 0.3) is 10.9 Å². The van der Waals surface area contributed by atoms with Crippen molar-refractivity contribution in [1.82, 2.24) is 10.3 Å². The molecule has 180 valence electrons. The summed E-state index contributed by atoms with van der Waals surface area (Å²) in [6.07, 6.45) is 7.22. The van der Waals surface area contributed by atoms with Crippen molar-refractivity contribution < 1.29 is 14.0 Å². The Morgan fingerprint density at radius 3 is 2.54 bits per heavy atom. The number of nitrogens with zero attached hydrogens (tertiary/aromatic N) is 1. The Morgan fingerprint density at radius 1 is 1.03 bits per heavy atom. The number of benzene rings is 2. The van der Waals surface area contributed by atoms with Crippen molar-refractivity contribution in [2.45, 2.75) is 50.6 Å². The molecule has 0 spiro atoms. The van der Waals surface area contributed by atoms with E-state index in [4.69, 9.17) is 0 Å². The van der Waals surface area contributed by atoms with Crippen molar-refractivity contribution in [3.8, 4) is 0 Å². The van der Waals surface area contributed by atoms with Crippen LogP contribution in [-0.4, -0.2) is 22.8 Å². The van der Waals surface area contributed by atoms with E-state index in [0.29, 0.717) is 5.69 Å². The number of anilines is 1. The standard InChI is InChI=1S/C28H28FN3O2S/c29-20-12-14-22(15-13-20)32(26(33)17-19-18-30-24-10-5-4-9-23(19)24)27(25-11-6-16-35-25)28(34)31-21-7-2-1-3-8-21/h4-6,9-16,18,21,27,30H,1-3,7-8,17H2,(H,31,34)/t27-/m1/s1. The average Bonchev–Trinajstić information content (AvgIpc) is 3.54. The fraction of sp³-hybridized carbons (Fsp3) is 0.286. The number of rotatable bonds is 7. The SMILES string of the molecule is O=C(NC1CCCCC1)[C@@H](c1cccs1)N(C(=O)Cc1c[nH]c2ccccc12)c1ccc(F)cc1. The van der Waals surface area contributed by atoms with E-state index in [9.17, 15) is 14.0 Å². The maximum absolute atomic E-state index is 13.9. The van der Waals surface area contributed by atoms with E-state index >= 15 is 0 Å². The molecule has 2 heterocycles. The fourth-order valence-electron chi connectivity index (χ4n) is 4.91. The van der Waals surface area contributed by atoms with Crippen LogP contribution >= 0.6 is 11.3 Å². The molecule has 5 rings (SSSR count). The molecule has 2 aromatic carbocycles. The second kappa shape index (κ2) is 10.4. The third kappa shape index (κ3) is 5.15. The Labute approximate surface area is 208 Å². The molecule has 2 N–H and O–H groups in total. The van der Waals surface area contributed by atoms with Crippen LogP contribution in [0, 0.1) is 5.82 Å². The summed E-state index contributed by atoms with van der Waals surface area (Å²) < 4.78 is 13.8. The molecule has 4 aromatic rings. The Bertz CT molecular complexity index is 1290. The molecule has 0 aliphatic heterocycles. The summed E-state index contributed by atoms with van der Waals surface area (Å²) in [6, 6.07) is 16.6. The van der Waals surface area contributed by atoms with Crippen LogP contribution in [0.1, 0.15) is 48.6 Å². The van der Waals surface area contributed by atoms with Crippen LogP contribution in [0.5, 0.6) is 0 Å². The lowest BCUT2D eigenvalue weighted by Crippen LogP contribution is -2.47. The number of hydrogen-bond acceptors (Lipinski definition) is 3. The minimum absolute atomic E-state index is 0.109. The first-order valence-corrected chi connectivity index (χ1v) is 12.9. The normalized spacial score (nSPS) is 15.1. The van der Waals surface area contributed by atoms with Gasteiger partial charge in [-0.15, -0.1) is 11.3 Å². The zero-order valence-corrected chi connectivity index (χ0v) is 20.2. The number of nitrogens with one attached hydrogen (secondary N) is 2. The largest absolute Gasteiger partial charge is 0.361 e. The zero-order chi connectivity index (χ0) is 24.2. The van der Waals surface area contributed by atoms with E-state index in [1.807, 2.05) is 48.0 Å². The van der Waals surface area contributed by atoms with Gasteiger partial charge in [-0.1, -0.05) is 43.5 Å². The first-order valence-electron chi connectivity index (χ1n) is 12.1. The van der Waals surface area contributed by atoms with Gasteiger partial charge < -0.3 is 10.3 Å². The molecule has 1 saturated carbocycles. The number of H-pyrrole nitrogens is 1. The summed E-state index contributed by atoms with van der Waals surface area (Å²) in [4.78, 5) is 33.2. The Kier molecular flexibility index (Phi) is 6.95. The maximum atomic E-state index is 13.9. The second-order valence-electron chi connectivity index (χ2n) is 9.04. The lowest BCUT2D eigenvalue weighted by molar-refractivity contribution is -0.127. The van der Waals surface area contributed by atoms with Gasteiger partial charge in [-0.25, -0.2) is 4.39 Å². The number of thiophene rings is 1. The molecule has 0 saturated heterocycles. The van der Waals surface area contributed by atoms with Gasteiger partial charge in [-0.3, -0.25) is 14.5 Å². The molecule has 1 aliphatic carbocycles. The van der Waals surface area contributed by atoms with Crippen molar-refractivity contribution in [2.75, 3.05) is 4.90 Å². The van der Waals surface area contributed by atoms with Gasteiger partial charge in [-0.05, 0) is 60.2 Å². The number of carbonyl (C=O) groups excluding carboxylic acids is 2. The molecule has 5 nitrogen and oxygen atoms in total. The first kappa shape index (κ1) is 23.3. The molecule has 35 heavy (non-hydrogen) atoms. The third-order valence-corrected chi connectivity index (χ3v) is 7.59. The molecular formula is C28H28FN3O2S. The fourth-order valence-corrected chi connectivity index (χ4v) is 5.73. The van der Waals surface area contributed by atoms with Gasteiger partial charge in [0.25, 0.3) is 0 Å². The Hall–Kier alpha value is -3.45. The Balaban J connectivity index is 1.52. The number of halogens is 1. The Morgan fingerprint density at radius 2 is 1.80 bits per heavy atom. The van der Waals surface area contributed by atoms with Gasteiger partial charge in [0.15, 0.2) is 0 Å². The number of aromatic amines is 1. The number of para-hydroxylation sites is 1. The van der Waals surface area contributed by atoms with E-state index < -0.39 is 11.9 Å². The number of aromatic nitrogens is 1. The van der Waals surface area contributed by atoms with Crippen molar-refractivity contribution in [2.24, 2.45) is 0 Å². The second-order valence-corrected chi connectivity index (χ2v) is 10.0. The lowest BCUT2D eigenvalue weighted by atomic mass is 9.95. The quantitative estimate of drug-likeness (QED) is 0.328. The highest BCUT2D eigenvalue weighted by Crippen LogP contribution is 2.33. The molecule has 1 aliphatic rings. The summed E-state index contributed by atoms with van der Waals surface area (Å²) in [5.74, 6) is -0.813.